The fourth-order valence-electron chi connectivity index (χ4n) is 9.13. The maximum Gasteiger partial charge on any atom is 0.333 e. The normalized spacial score (nSPS) is 13.4. The molecule has 2 aromatic heterocycles. The molecule has 10 rings (SSSR count). The lowest BCUT2D eigenvalue weighted by Gasteiger charge is -2.36. The van der Waals surface area contributed by atoms with Crippen molar-refractivity contribution in [3.63, 3.8) is 0 Å². The van der Waals surface area contributed by atoms with Crippen molar-refractivity contribution < 1.29 is 0 Å². The van der Waals surface area contributed by atoms with Gasteiger partial charge in [-0.15, -0.1) is 0 Å². The van der Waals surface area contributed by atoms with E-state index in [1.165, 1.54) is 93.6 Å². The lowest BCUT2D eigenvalue weighted by molar-refractivity contribution is 0.590. The van der Waals surface area contributed by atoms with E-state index < -0.39 is 0 Å². The lowest BCUT2D eigenvalue weighted by Crippen LogP contribution is -2.55. The maximum absolute atomic E-state index is 9.92. The summed E-state index contributed by atoms with van der Waals surface area (Å²) in [5.41, 5.74) is 18.5. The number of para-hydroxylation sites is 2. The number of nitrogens with zero attached hydrogens (tertiary/aromatic N) is 3. The quantitative estimate of drug-likeness (QED) is 0.164. The minimum Gasteiger partial charge on any atom is -0.375 e. The van der Waals surface area contributed by atoms with E-state index in [0.29, 0.717) is 5.56 Å². The first-order valence-electron chi connectivity index (χ1n) is 17.8. The Balaban J connectivity index is 1.47. The molecule has 2 aliphatic rings. The summed E-state index contributed by atoms with van der Waals surface area (Å²) in [5.74, 6) is 0. The van der Waals surface area contributed by atoms with Crippen LogP contribution < -0.4 is 10.9 Å². The third kappa shape index (κ3) is 3.70. The Morgan fingerprint density at radius 1 is 0.620 bits per heavy atom. The number of benzene rings is 6. The van der Waals surface area contributed by atoms with Crippen LogP contribution in [0.4, 0.5) is 0 Å². The molecular formula is C46H38BN3. The summed E-state index contributed by atoms with van der Waals surface area (Å²) in [6, 6.07) is 40.9. The molecule has 0 bridgehead atoms. The molecule has 0 saturated carbocycles. The number of hydrogen-bond donors (Lipinski definition) is 0. The molecule has 240 valence electrons. The zero-order valence-electron chi connectivity index (χ0n) is 29.7. The van der Waals surface area contributed by atoms with Gasteiger partial charge in [0.1, 0.15) is 0 Å². The van der Waals surface area contributed by atoms with E-state index in [4.69, 9.17) is 0 Å². The lowest BCUT2D eigenvalue weighted by atomic mass is 9.45. The van der Waals surface area contributed by atoms with Crippen molar-refractivity contribution in [1.82, 2.24) is 9.05 Å². The molecule has 0 spiro atoms. The minimum atomic E-state index is -0.0420. The summed E-state index contributed by atoms with van der Waals surface area (Å²) in [6.07, 6.45) is 0. The fraction of sp³-hybridized carbons (Fsp3) is 0.196. The Labute approximate surface area is 293 Å². The summed E-state index contributed by atoms with van der Waals surface area (Å²) in [5, 5.41) is 15.1. The fourth-order valence-corrected chi connectivity index (χ4v) is 9.13. The SMILES string of the molecule is Cc1c(-c2cccc(C#N)c2)cc2c3c1-c1cc(C(C)(C)C)cc4c5cc(C(C)(C)C)ccc5n(c14)B3c1cccc3c4ccccc4n-2c13. The van der Waals surface area contributed by atoms with Crippen molar-refractivity contribution >= 4 is 61.4 Å². The van der Waals surface area contributed by atoms with Crippen molar-refractivity contribution in [2.45, 2.75) is 59.3 Å². The van der Waals surface area contributed by atoms with Gasteiger partial charge in [0.15, 0.2) is 0 Å². The topological polar surface area (TPSA) is 33.6 Å². The second-order valence-electron chi connectivity index (χ2n) is 16.6. The van der Waals surface area contributed by atoms with Gasteiger partial charge in [0.05, 0.1) is 22.7 Å². The van der Waals surface area contributed by atoms with Crippen LogP contribution in [0.1, 0.15) is 63.8 Å². The van der Waals surface area contributed by atoms with E-state index in [2.05, 4.69) is 149 Å². The van der Waals surface area contributed by atoms with Gasteiger partial charge >= 0.3 is 6.85 Å². The molecule has 0 saturated heterocycles. The van der Waals surface area contributed by atoms with Gasteiger partial charge in [-0.3, -0.25) is 0 Å². The van der Waals surface area contributed by atoms with E-state index in [-0.39, 0.29) is 17.7 Å². The highest BCUT2D eigenvalue weighted by atomic mass is 15.0. The summed E-state index contributed by atoms with van der Waals surface area (Å²) in [6.45, 7) is 16.2. The molecule has 8 aromatic rings. The van der Waals surface area contributed by atoms with Crippen molar-refractivity contribution in [2.75, 3.05) is 0 Å². The van der Waals surface area contributed by atoms with Gasteiger partial charge in [-0.1, -0.05) is 96.1 Å². The third-order valence-electron chi connectivity index (χ3n) is 11.6. The molecule has 0 aliphatic carbocycles. The molecule has 6 aromatic carbocycles. The standard InChI is InChI=1S/C46H38BN3/c1-26-33(28-13-10-12-27(20-28)25-48)24-40-42-41(26)36-23-30(46(5,6)7)22-35-34-21-29(45(2,3)4)18-19-39(34)50(43(35)36)47(42)37-16-11-15-32-31-14-8-9-17-38(31)49(40)44(32)37/h8-24H,1-7H3. The van der Waals surface area contributed by atoms with E-state index in [9.17, 15) is 5.26 Å². The van der Waals surface area contributed by atoms with Crippen LogP contribution in [0.5, 0.6) is 0 Å². The highest BCUT2D eigenvalue weighted by Gasteiger charge is 2.43. The molecule has 3 nitrogen and oxygen atoms in total. The van der Waals surface area contributed by atoms with Crippen molar-refractivity contribution in [2.24, 2.45) is 0 Å². The van der Waals surface area contributed by atoms with Crippen LogP contribution in [0, 0.1) is 18.3 Å². The minimum absolute atomic E-state index is 0.00665. The molecule has 2 aliphatic heterocycles. The van der Waals surface area contributed by atoms with Crippen LogP contribution >= 0.6 is 0 Å². The Hall–Kier alpha value is -5.53. The highest BCUT2D eigenvalue weighted by molar-refractivity contribution is 6.90. The van der Waals surface area contributed by atoms with Gasteiger partial charge in [-0.2, -0.15) is 5.26 Å². The van der Waals surface area contributed by atoms with Crippen molar-refractivity contribution in [1.29, 1.82) is 5.26 Å². The molecule has 4 heteroatoms. The first-order chi connectivity index (χ1) is 24.0. The van der Waals surface area contributed by atoms with Crippen LogP contribution in [0.3, 0.4) is 0 Å². The molecule has 50 heavy (non-hydrogen) atoms. The summed E-state index contributed by atoms with van der Waals surface area (Å²) >= 11 is 0. The van der Waals surface area contributed by atoms with E-state index in [1.54, 1.807) is 0 Å². The van der Waals surface area contributed by atoms with Gasteiger partial charge in [0, 0.05) is 43.8 Å². The molecule has 0 fully saturated rings. The largest absolute Gasteiger partial charge is 0.375 e. The Kier molecular flexibility index (Phi) is 5.63. The van der Waals surface area contributed by atoms with E-state index in [0.717, 1.165) is 5.56 Å². The summed E-state index contributed by atoms with van der Waals surface area (Å²) in [7, 11) is 0. The third-order valence-corrected chi connectivity index (χ3v) is 11.6. The molecule has 0 amide bonds. The van der Waals surface area contributed by atoms with Crippen LogP contribution in [-0.2, 0) is 10.8 Å². The molecule has 0 N–H and O–H groups in total. The Morgan fingerprint density at radius 3 is 2.14 bits per heavy atom. The van der Waals surface area contributed by atoms with E-state index in [1.807, 2.05) is 18.2 Å². The Morgan fingerprint density at radius 2 is 1.36 bits per heavy atom. The van der Waals surface area contributed by atoms with Crippen LogP contribution in [-0.4, -0.2) is 15.9 Å². The van der Waals surface area contributed by atoms with E-state index >= 15 is 0 Å². The predicted octanol–water partition coefficient (Wildman–Crippen LogP) is 10.3. The van der Waals surface area contributed by atoms with Gasteiger partial charge in [0.2, 0.25) is 0 Å². The monoisotopic (exact) mass is 643 g/mol. The molecule has 0 atom stereocenters. The molecule has 0 radical (unpaired) electrons. The number of nitriles is 1. The maximum atomic E-state index is 9.92. The second-order valence-corrected chi connectivity index (χ2v) is 16.6. The number of rotatable bonds is 1. The van der Waals surface area contributed by atoms with Crippen molar-refractivity contribution in [3.8, 4) is 34.0 Å². The number of fused-ring (bicyclic) bond motifs is 10. The van der Waals surface area contributed by atoms with Gasteiger partial charge < -0.3 is 9.05 Å². The average molecular weight is 644 g/mol. The first kappa shape index (κ1) is 29.4. The zero-order chi connectivity index (χ0) is 34.4. The van der Waals surface area contributed by atoms with Gasteiger partial charge in [0.25, 0.3) is 0 Å². The van der Waals surface area contributed by atoms with Crippen LogP contribution in [0.2, 0.25) is 0 Å². The summed E-state index contributed by atoms with van der Waals surface area (Å²) in [4.78, 5) is 0. The smallest absolute Gasteiger partial charge is 0.333 e. The number of aromatic nitrogens is 2. The predicted molar refractivity (Wildman–Crippen MR) is 212 cm³/mol. The number of hydrogen-bond acceptors (Lipinski definition) is 1. The zero-order valence-corrected chi connectivity index (χ0v) is 29.7. The Bertz CT molecular complexity index is 2860. The molecule has 4 heterocycles. The van der Waals surface area contributed by atoms with Crippen molar-refractivity contribution in [3.05, 3.63) is 125 Å². The molecule has 0 unspecified atom stereocenters. The van der Waals surface area contributed by atoms with Gasteiger partial charge in [-0.05, 0) is 111 Å². The summed E-state index contributed by atoms with van der Waals surface area (Å²) < 4.78 is 5.21. The van der Waals surface area contributed by atoms with Crippen LogP contribution in [0.25, 0.3) is 71.6 Å². The van der Waals surface area contributed by atoms with Gasteiger partial charge in [-0.25, -0.2) is 0 Å². The second kappa shape index (κ2) is 9.58. The highest BCUT2D eigenvalue weighted by Crippen LogP contribution is 2.48. The average Bonchev–Trinajstić information content (AvgIpc) is 3.61. The molecular weight excluding hydrogens is 605 g/mol. The first-order valence-corrected chi connectivity index (χ1v) is 17.8. The van der Waals surface area contributed by atoms with Crippen LogP contribution in [0.15, 0.2) is 103 Å².